The molecule has 0 spiro atoms. The lowest BCUT2D eigenvalue weighted by Gasteiger charge is -2.30. The van der Waals surface area contributed by atoms with Crippen molar-refractivity contribution in [2.75, 3.05) is 26.8 Å². The van der Waals surface area contributed by atoms with E-state index in [0.717, 1.165) is 37.2 Å². The van der Waals surface area contributed by atoms with Gasteiger partial charge < -0.3 is 15.4 Å². The van der Waals surface area contributed by atoms with Crippen LogP contribution in [0.5, 0.6) is 0 Å². The summed E-state index contributed by atoms with van der Waals surface area (Å²) in [6.45, 7) is 6.16. The minimum Gasteiger partial charge on any atom is -0.382 e. The minimum absolute atomic E-state index is 0. The maximum Gasteiger partial charge on any atom is 0.274 e. The number of amides is 1. The molecular formula is C19H28ClN5O2. The van der Waals surface area contributed by atoms with Gasteiger partial charge >= 0.3 is 0 Å². The molecule has 1 aliphatic rings. The van der Waals surface area contributed by atoms with E-state index in [1.165, 1.54) is 0 Å². The van der Waals surface area contributed by atoms with E-state index in [-0.39, 0.29) is 18.3 Å². The topological polar surface area (TPSA) is 81.1 Å². The first-order valence-electron chi connectivity index (χ1n) is 9.04. The highest BCUT2D eigenvalue weighted by atomic mass is 35.5. The van der Waals surface area contributed by atoms with Crippen molar-refractivity contribution in [1.29, 1.82) is 0 Å². The van der Waals surface area contributed by atoms with Crippen LogP contribution in [0.2, 0.25) is 0 Å². The molecule has 1 amide bonds. The van der Waals surface area contributed by atoms with E-state index in [0.29, 0.717) is 18.3 Å². The van der Waals surface area contributed by atoms with E-state index in [2.05, 4.69) is 20.9 Å². The summed E-state index contributed by atoms with van der Waals surface area (Å²) in [5.41, 5.74) is 1.53. The van der Waals surface area contributed by atoms with Gasteiger partial charge in [0, 0.05) is 7.11 Å². The second-order valence-corrected chi connectivity index (χ2v) is 7.03. The van der Waals surface area contributed by atoms with Gasteiger partial charge in [-0.2, -0.15) is 0 Å². The van der Waals surface area contributed by atoms with Crippen LogP contribution in [0.3, 0.4) is 0 Å². The highest BCUT2D eigenvalue weighted by Crippen LogP contribution is 2.23. The van der Waals surface area contributed by atoms with Crippen molar-refractivity contribution in [3.63, 3.8) is 0 Å². The second-order valence-electron chi connectivity index (χ2n) is 7.03. The normalized spacial score (nSPS) is 17.0. The summed E-state index contributed by atoms with van der Waals surface area (Å²) in [6, 6.07) is 10.1. The van der Waals surface area contributed by atoms with Crippen molar-refractivity contribution in [2.24, 2.45) is 0 Å². The SMILES string of the molecule is COCC(C)(NC(=O)c1nnn(C2CCNCC2)c1C)c1ccccc1.Cl. The molecule has 7 nitrogen and oxygen atoms in total. The number of halogens is 1. The third kappa shape index (κ3) is 4.66. The molecule has 3 rings (SSSR count). The van der Waals surface area contributed by atoms with Gasteiger partial charge in [-0.25, -0.2) is 4.68 Å². The Morgan fingerprint density at radius 1 is 1.33 bits per heavy atom. The number of piperidine rings is 1. The molecule has 1 unspecified atom stereocenters. The number of rotatable bonds is 6. The van der Waals surface area contributed by atoms with E-state index in [1.807, 2.05) is 48.9 Å². The van der Waals surface area contributed by atoms with Gasteiger partial charge in [0.05, 0.1) is 23.9 Å². The number of nitrogens with one attached hydrogen (secondary N) is 2. The van der Waals surface area contributed by atoms with Crippen LogP contribution in [0.4, 0.5) is 0 Å². The minimum atomic E-state index is -0.641. The maximum absolute atomic E-state index is 12.9. The molecule has 2 N–H and O–H groups in total. The fourth-order valence-electron chi connectivity index (χ4n) is 3.54. The van der Waals surface area contributed by atoms with Gasteiger partial charge in [0.2, 0.25) is 0 Å². The zero-order chi connectivity index (χ0) is 18.6. The Hall–Kier alpha value is -1.96. The molecule has 1 aromatic carbocycles. The van der Waals surface area contributed by atoms with Gasteiger partial charge in [-0.15, -0.1) is 17.5 Å². The van der Waals surface area contributed by atoms with E-state index < -0.39 is 5.54 Å². The zero-order valence-corrected chi connectivity index (χ0v) is 16.9. The quantitative estimate of drug-likeness (QED) is 0.786. The van der Waals surface area contributed by atoms with Gasteiger partial charge in [-0.05, 0) is 45.3 Å². The maximum atomic E-state index is 12.9. The van der Waals surface area contributed by atoms with Crippen molar-refractivity contribution >= 4 is 18.3 Å². The largest absolute Gasteiger partial charge is 0.382 e. The summed E-state index contributed by atoms with van der Waals surface area (Å²) in [4.78, 5) is 12.9. The predicted molar refractivity (Wildman–Crippen MR) is 106 cm³/mol. The molecule has 1 aliphatic heterocycles. The van der Waals surface area contributed by atoms with Gasteiger partial charge in [-0.3, -0.25) is 4.79 Å². The Morgan fingerprint density at radius 3 is 2.63 bits per heavy atom. The van der Waals surface area contributed by atoms with Crippen molar-refractivity contribution in [2.45, 2.75) is 38.3 Å². The van der Waals surface area contributed by atoms with Crippen LogP contribution in [0.15, 0.2) is 30.3 Å². The molecule has 27 heavy (non-hydrogen) atoms. The van der Waals surface area contributed by atoms with Crippen molar-refractivity contribution in [3.05, 3.63) is 47.3 Å². The summed E-state index contributed by atoms with van der Waals surface area (Å²) >= 11 is 0. The average Bonchev–Trinajstić information content (AvgIpc) is 3.05. The van der Waals surface area contributed by atoms with Crippen molar-refractivity contribution in [3.8, 4) is 0 Å². The van der Waals surface area contributed by atoms with E-state index in [9.17, 15) is 4.79 Å². The number of methoxy groups -OCH3 is 1. The van der Waals surface area contributed by atoms with Crippen molar-refractivity contribution < 1.29 is 9.53 Å². The Kier molecular flexibility index (Phi) is 7.35. The van der Waals surface area contributed by atoms with Crippen LogP contribution in [-0.2, 0) is 10.3 Å². The van der Waals surface area contributed by atoms with Crippen molar-refractivity contribution in [1.82, 2.24) is 25.6 Å². The fourth-order valence-corrected chi connectivity index (χ4v) is 3.54. The second kappa shape index (κ2) is 9.30. The number of hydrogen-bond acceptors (Lipinski definition) is 5. The number of benzene rings is 1. The average molecular weight is 394 g/mol. The third-order valence-electron chi connectivity index (χ3n) is 5.03. The Balaban J connectivity index is 0.00000261. The molecule has 1 saturated heterocycles. The van der Waals surface area contributed by atoms with Gasteiger partial charge in [0.1, 0.15) is 0 Å². The number of carbonyl (C=O) groups excluding carboxylic acids is 1. The van der Waals surface area contributed by atoms with Crippen LogP contribution >= 0.6 is 12.4 Å². The first kappa shape index (κ1) is 21.3. The predicted octanol–water partition coefficient (Wildman–Crippen LogP) is 2.22. The molecule has 148 valence electrons. The smallest absolute Gasteiger partial charge is 0.274 e. The molecule has 1 aromatic heterocycles. The third-order valence-corrected chi connectivity index (χ3v) is 5.03. The lowest BCUT2D eigenvalue weighted by molar-refractivity contribution is 0.0780. The van der Waals surface area contributed by atoms with Gasteiger partial charge in [0.15, 0.2) is 5.69 Å². The van der Waals surface area contributed by atoms with Crippen LogP contribution in [0, 0.1) is 6.92 Å². The first-order valence-corrected chi connectivity index (χ1v) is 9.04. The number of ether oxygens (including phenoxy) is 1. The summed E-state index contributed by atoms with van der Waals surface area (Å²) in [7, 11) is 1.63. The van der Waals surface area contributed by atoms with Crippen LogP contribution in [0.25, 0.3) is 0 Å². The Bertz CT molecular complexity index is 746. The Labute approximate surface area is 166 Å². The molecule has 1 atom stereocenters. The standard InChI is InChI=1S/C19H27N5O2.ClH/c1-14-17(22-23-24(14)16-9-11-20-12-10-16)18(25)21-19(2,13-26-3)15-7-5-4-6-8-15;/h4-8,16,20H,9-13H2,1-3H3,(H,21,25);1H. The number of nitrogens with zero attached hydrogens (tertiary/aromatic N) is 3. The summed E-state index contributed by atoms with van der Waals surface area (Å²) in [5.74, 6) is -0.230. The van der Waals surface area contributed by atoms with E-state index in [1.54, 1.807) is 7.11 Å². The molecule has 0 bridgehead atoms. The highest BCUT2D eigenvalue weighted by Gasteiger charge is 2.31. The molecule has 0 radical (unpaired) electrons. The van der Waals surface area contributed by atoms with Gasteiger partial charge in [0.25, 0.3) is 5.91 Å². The van der Waals surface area contributed by atoms with Gasteiger partial charge in [-0.1, -0.05) is 35.5 Å². The zero-order valence-electron chi connectivity index (χ0n) is 16.1. The summed E-state index contributed by atoms with van der Waals surface area (Å²) in [6.07, 6.45) is 1.99. The molecule has 2 heterocycles. The molecule has 8 heteroatoms. The highest BCUT2D eigenvalue weighted by molar-refractivity contribution is 5.93. The molecule has 0 aliphatic carbocycles. The molecule has 0 saturated carbocycles. The van der Waals surface area contributed by atoms with E-state index in [4.69, 9.17) is 4.74 Å². The number of carbonyl (C=O) groups is 1. The monoisotopic (exact) mass is 393 g/mol. The molecule has 2 aromatic rings. The fraction of sp³-hybridized carbons (Fsp3) is 0.526. The molecular weight excluding hydrogens is 366 g/mol. The molecule has 1 fully saturated rings. The number of aromatic nitrogens is 3. The van der Waals surface area contributed by atoms with Crippen LogP contribution < -0.4 is 10.6 Å². The van der Waals surface area contributed by atoms with E-state index >= 15 is 0 Å². The number of hydrogen-bond donors (Lipinski definition) is 2. The summed E-state index contributed by atoms with van der Waals surface area (Å²) in [5, 5.41) is 14.9. The summed E-state index contributed by atoms with van der Waals surface area (Å²) < 4.78 is 7.26. The Morgan fingerprint density at radius 2 is 2.00 bits per heavy atom. The first-order chi connectivity index (χ1) is 12.5. The van der Waals surface area contributed by atoms with Crippen LogP contribution in [0.1, 0.15) is 47.6 Å². The lowest BCUT2D eigenvalue weighted by atomic mass is 9.92. The van der Waals surface area contributed by atoms with Crippen LogP contribution in [-0.4, -0.2) is 47.7 Å². The lowest BCUT2D eigenvalue weighted by Crippen LogP contribution is -2.47.